The number of carbonyl (C=O) groups is 1. The van der Waals surface area contributed by atoms with E-state index in [1.165, 1.54) is 0 Å². The zero-order chi connectivity index (χ0) is 11.1. The second-order valence-electron chi connectivity index (χ2n) is 5.04. The predicted octanol–water partition coefficient (Wildman–Crippen LogP) is 1.12. The molecular formula is C10H20N2OS. The molecule has 0 saturated carbocycles. The number of nitrogens with two attached hydrogens (primary N) is 1. The molecule has 0 spiro atoms. The molecule has 1 aliphatic heterocycles. The van der Waals surface area contributed by atoms with Gasteiger partial charge >= 0.3 is 0 Å². The lowest BCUT2D eigenvalue weighted by atomic mass is 9.89. The van der Waals surface area contributed by atoms with Crippen LogP contribution in [0, 0.1) is 0 Å². The third-order valence-electron chi connectivity index (χ3n) is 2.62. The molecule has 0 aromatic rings. The topological polar surface area (TPSA) is 55.1 Å². The highest BCUT2D eigenvalue weighted by Crippen LogP contribution is 2.54. The Morgan fingerprint density at radius 3 is 2.07 bits per heavy atom. The van der Waals surface area contributed by atoms with Gasteiger partial charge in [-0.3, -0.25) is 4.79 Å². The van der Waals surface area contributed by atoms with Crippen LogP contribution in [0.5, 0.6) is 0 Å². The van der Waals surface area contributed by atoms with Gasteiger partial charge in [0.15, 0.2) is 0 Å². The van der Waals surface area contributed by atoms with E-state index in [0.29, 0.717) is 0 Å². The number of thioether (sulfide) groups is 1. The molecule has 4 heteroatoms. The lowest BCUT2D eigenvalue weighted by Gasteiger charge is -2.56. The highest BCUT2D eigenvalue weighted by Gasteiger charge is 2.54. The number of amides is 1. The van der Waals surface area contributed by atoms with E-state index in [1.54, 1.807) is 6.92 Å². The molecule has 3 N–H and O–H groups in total. The Balaban J connectivity index is 2.63. The quantitative estimate of drug-likeness (QED) is 0.727. The molecule has 1 aliphatic rings. The van der Waals surface area contributed by atoms with Crippen LogP contribution in [0.1, 0.15) is 34.6 Å². The summed E-state index contributed by atoms with van der Waals surface area (Å²) < 4.78 is 0.238. The Hall–Kier alpha value is -0.220. The lowest BCUT2D eigenvalue weighted by molar-refractivity contribution is -0.123. The average Bonchev–Trinajstić information content (AvgIpc) is 1.96. The maximum absolute atomic E-state index is 11.5. The third kappa shape index (κ3) is 2.06. The van der Waals surface area contributed by atoms with Gasteiger partial charge in [0.25, 0.3) is 0 Å². The predicted molar refractivity (Wildman–Crippen MR) is 61.3 cm³/mol. The van der Waals surface area contributed by atoms with Gasteiger partial charge in [-0.1, -0.05) is 0 Å². The summed E-state index contributed by atoms with van der Waals surface area (Å²) in [6, 6.07) is -0.217. The van der Waals surface area contributed by atoms with Crippen molar-refractivity contribution in [3.63, 3.8) is 0 Å². The van der Waals surface area contributed by atoms with Gasteiger partial charge in [0, 0.05) is 9.49 Å². The van der Waals surface area contributed by atoms with Gasteiger partial charge in [-0.25, -0.2) is 0 Å². The number of hydrogen-bond acceptors (Lipinski definition) is 3. The molecule has 0 bridgehead atoms. The lowest BCUT2D eigenvalue weighted by Crippen LogP contribution is -2.68. The van der Waals surface area contributed by atoms with E-state index in [4.69, 9.17) is 5.73 Å². The molecule has 1 rings (SSSR count). The van der Waals surface area contributed by atoms with Gasteiger partial charge in [0.1, 0.15) is 0 Å². The highest BCUT2D eigenvalue weighted by molar-refractivity contribution is 8.03. The van der Waals surface area contributed by atoms with E-state index in [2.05, 4.69) is 33.0 Å². The molecule has 1 unspecified atom stereocenters. The van der Waals surface area contributed by atoms with Crippen molar-refractivity contribution in [3.8, 4) is 0 Å². The Bertz CT molecular complexity index is 235. The first-order valence-electron chi connectivity index (χ1n) is 4.93. The molecule has 3 nitrogen and oxygen atoms in total. The minimum Gasteiger partial charge on any atom is -0.349 e. The summed E-state index contributed by atoms with van der Waals surface area (Å²) in [6.07, 6.45) is 0. The van der Waals surface area contributed by atoms with E-state index in [1.807, 2.05) is 11.8 Å². The monoisotopic (exact) mass is 216 g/mol. The van der Waals surface area contributed by atoms with Crippen molar-refractivity contribution >= 4 is 17.7 Å². The van der Waals surface area contributed by atoms with Gasteiger partial charge < -0.3 is 11.1 Å². The molecule has 82 valence electrons. The summed E-state index contributed by atoms with van der Waals surface area (Å²) in [5, 5.41) is 3.01. The fourth-order valence-corrected chi connectivity index (χ4v) is 4.31. The normalized spacial score (nSPS) is 26.4. The van der Waals surface area contributed by atoms with Crippen molar-refractivity contribution < 1.29 is 4.79 Å². The Labute approximate surface area is 90.2 Å². The van der Waals surface area contributed by atoms with Crippen LogP contribution in [0.25, 0.3) is 0 Å². The van der Waals surface area contributed by atoms with E-state index in [0.717, 1.165) is 0 Å². The summed E-state index contributed by atoms with van der Waals surface area (Å²) in [5.41, 5.74) is 5.52. The third-order valence-corrected chi connectivity index (χ3v) is 4.14. The standard InChI is InChI=1S/C10H20N2OS/c1-6(11)7(13)12-8-9(2,3)14-10(8,4)5/h6,8H,11H2,1-5H3,(H,12,13). The first kappa shape index (κ1) is 11.9. The molecule has 1 saturated heterocycles. The average molecular weight is 216 g/mol. The molecule has 14 heavy (non-hydrogen) atoms. The van der Waals surface area contributed by atoms with Crippen molar-refractivity contribution in [1.82, 2.24) is 5.32 Å². The Morgan fingerprint density at radius 2 is 1.79 bits per heavy atom. The van der Waals surface area contributed by atoms with Crippen LogP contribution in [-0.2, 0) is 4.79 Å². The summed E-state index contributed by atoms with van der Waals surface area (Å²) in [7, 11) is 0. The van der Waals surface area contributed by atoms with Crippen LogP contribution in [0.3, 0.4) is 0 Å². The van der Waals surface area contributed by atoms with Gasteiger partial charge in [-0.2, -0.15) is 0 Å². The molecule has 0 aliphatic carbocycles. The molecule has 1 atom stereocenters. The number of hydrogen-bond donors (Lipinski definition) is 2. The van der Waals surface area contributed by atoms with Crippen LogP contribution in [-0.4, -0.2) is 27.5 Å². The van der Waals surface area contributed by atoms with Gasteiger partial charge in [-0.05, 0) is 34.6 Å². The summed E-state index contributed by atoms with van der Waals surface area (Å²) in [6.45, 7) is 10.3. The fraction of sp³-hybridized carbons (Fsp3) is 0.900. The smallest absolute Gasteiger partial charge is 0.236 e. The van der Waals surface area contributed by atoms with Crippen LogP contribution >= 0.6 is 11.8 Å². The molecular weight excluding hydrogens is 196 g/mol. The largest absolute Gasteiger partial charge is 0.349 e. The Kier molecular flexibility index (Phi) is 2.89. The molecule has 0 aromatic heterocycles. The maximum atomic E-state index is 11.5. The fourth-order valence-electron chi connectivity index (χ4n) is 2.20. The zero-order valence-electron chi connectivity index (χ0n) is 9.55. The van der Waals surface area contributed by atoms with Crippen molar-refractivity contribution in [2.75, 3.05) is 0 Å². The molecule has 1 heterocycles. The Morgan fingerprint density at radius 1 is 1.36 bits per heavy atom. The second-order valence-corrected chi connectivity index (χ2v) is 7.35. The minimum absolute atomic E-state index is 0.0588. The first-order chi connectivity index (χ1) is 6.17. The number of nitrogens with one attached hydrogen (secondary N) is 1. The molecule has 0 radical (unpaired) electrons. The van der Waals surface area contributed by atoms with E-state index in [-0.39, 0.29) is 21.4 Å². The summed E-state index contributed by atoms with van der Waals surface area (Å²) >= 11 is 1.89. The van der Waals surface area contributed by atoms with E-state index >= 15 is 0 Å². The summed E-state index contributed by atoms with van der Waals surface area (Å²) in [4.78, 5) is 11.5. The van der Waals surface area contributed by atoms with Crippen LogP contribution in [0.4, 0.5) is 0 Å². The number of rotatable bonds is 2. The maximum Gasteiger partial charge on any atom is 0.236 e. The molecule has 0 aromatic carbocycles. The van der Waals surface area contributed by atoms with Crippen molar-refractivity contribution in [3.05, 3.63) is 0 Å². The van der Waals surface area contributed by atoms with Gasteiger partial charge in [-0.15, -0.1) is 11.8 Å². The number of carbonyl (C=O) groups excluding carboxylic acids is 1. The van der Waals surface area contributed by atoms with Gasteiger partial charge in [0.2, 0.25) is 5.91 Å². The van der Waals surface area contributed by atoms with Crippen molar-refractivity contribution in [1.29, 1.82) is 0 Å². The SMILES string of the molecule is CC(N)C(=O)NC1C(C)(C)SC1(C)C. The minimum atomic E-state index is -0.424. The zero-order valence-corrected chi connectivity index (χ0v) is 10.4. The van der Waals surface area contributed by atoms with Crippen molar-refractivity contribution in [2.24, 2.45) is 5.73 Å². The van der Waals surface area contributed by atoms with Crippen LogP contribution in [0.15, 0.2) is 0 Å². The molecule has 1 fully saturated rings. The van der Waals surface area contributed by atoms with E-state index in [9.17, 15) is 4.79 Å². The van der Waals surface area contributed by atoms with Gasteiger partial charge in [0.05, 0.1) is 12.1 Å². The summed E-state index contributed by atoms with van der Waals surface area (Å²) in [5.74, 6) is -0.0588. The molecule has 1 amide bonds. The second kappa shape index (κ2) is 3.42. The van der Waals surface area contributed by atoms with Crippen LogP contribution < -0.4 is 11.1 Å². The highest BCUT2D eigenvalue weighted by atomic mass is 32.2. The van der Waals surface area contributed by atoms with E-state index < -0.39 is 6.04 Å². The first-order valence-corrected chi connectivity index (χ1v) is 5.74. The van der Waals surface area contributed by atoms with Crippen LogP contribution in [0.2, 0.25) is 0 Å². The van der Waals surface area contributed by atoms with Crippen molar-refractivity contribution in [2.45, 2.75) is 56.2 Å².